The van der Waals surface area contributed by atoms with Crippen LogP contribution < -0.4 is 15.0 Å². The number of esters is 1. The van der Waals surface area contributed by atoms with Crippen molar-refractivity contribution >= 4 is 29.5 Å². The molecule has 0 saturated heterocycles. The summed E-state index contributed by atoms with van der Waals surface area (Å²) in [4.78, 5) is 39.5. The van der Waals surface area contributed by atoms with E-state index in [1.165, 1.54) is 12.0 Å². The number of methoxy groups -OCH3 is 1. The molecule has 37 heavy (non-hydrogen) atoms. The van der Waals surface area contributed by atoms with Crippen LogP contribution in [0.3, 0.4) is 0 Å². The van der Waals surface area contributed by atoms with Gasteiger partial charge in [-0.2, -0.15) is 0 Å². The van der Waals surface area contributed by atoms with Gasteiger partial charge < -0.3 is 14.8 Å². The molecule has 4 rings (SSSR count). The van der Waals surface area contributed by atoms with E-state index in [1.54, 1.807) is 37.3 Å². The van der Waals surface area contributed by atoms with Crippen molar-refractivity contribution in [2.75, 3.05) is 25.2 Å². The van der Waals surface area contributed by atoms with E-state index in [0.717, 1.165) is 12.0 Å². The number of anilines is 1. The van der Waals surface area contributed by atoms with Gasteiger partial charge in [0.25, 0.3) is 11.8 Å². The summed E-state index contributed by atoms with van der Waals surface area (Å²) in [5.74, 6) is -0.572. The number of hydrogen-bond acceptors (Lipinski definition) is 5. The number of benzene rings is 3. The van der Waals surface area contributed by atoms with Crippen LogP contribution in [0.15, 0.2) is 102 Å². The second-order valence-corrected chi connectivity index (χ2v) is 8.43. The van der Waals surface area contributed by atoms with Crippen LogP contribution in [-0.4, -0.2) is 38.0 Å². The first-order valence-corrected chi connectivity index (χ1v) is 11.9. The number of ether oxygens (including phenoxy) is 2. The van der Waals surface area contributed by atoms with E-state index in [9.17, 15) is 14.4 Å². The molecule has 0 unspecified atom stereocenters. The van der Waals surface area contributed by atoms with E-state index in [2.05, 4.69) is 5.32 Å². The molecule has 2 amide bonds. The van der Waals surface area contributed by atoms with Crippen molar-refractivity contribution in [3.05, 3.63) is 113 Å². The first-order chi connectivity index (χ1) is 18.0. The zero-order valence-corrected chi connectivity index (χ0v) is 20.8. The molecule has 1 aliphatic rings. The molecule has 0 aliphatic carbocycles. The molecule has 0 spiro atoms. The number of rotatable bonds is 9. The van der Waals surface area contributed by atoms with Crippen molar-refractivity contribution in [3.63, 3.8) is 0 Å². The Kier molecular flexibility index (Phi) is 8.15. The smallest absolute Gasteiger partial charge is 0.340 e. The van der Waals surface area contributed by atoms with Gasteiger partial charge in [-0.3, -0.25) is 14.5 Å². The fourth-order valence-electron chi connectivity index (χ4n) is 4.09. The zero-order valence-electron chi connectivity index (χ0n) is 20.8. The van der Waals surface area contributed by atoms with Gasteiger partial charge in [0.15, 0.2) is 6.61 Å². The van der Waals surface area contributed by atoms with Gasteiger partial charge in [-0.25, -0.2) is 4.79 Å². The van der Waals surface area contributed by atoms with Crippen LogP contribution in [0.5, 0.6) is 5.75 Å². The predicted molar refractivity (Wildman–Crippen MR) is 142 cm³/mol. The normalized spacial score (nSPS) is 14.2. The van der Waals surface area contributed by atoms with E-state index in [-0.39, 0.29) is 29.6 Å². The van der Waals surface area contributed by atoms with Crippen LogP contribution in [0, 0.1) is 0 Å². The number of allylic oxidation sites excluding steroid dienone is 1. The fourth-order valence-corrected chi connectivity index (χ4v) is 4.09. The van der Waals surface area contributed by atoms with Gasteiger partial charge in [0.2, 0.25) is 0 Å². The minimum absolute atomic E-state index is 0.103. The fraction of sp³-hybridized carbons (Fsp3) is 0.167. The maximum atomic E-state index is 13.3. The number of nitrogens with zero attached hydrogens (tertiary/aromatic N) is 1. The number of para-hydroxylation sites is 1. The third kappa shape index (κ3) is 6.13. The van der Waals surface area contributed by atoms with Gasteiger partial charge >= 0.3 is 5.97 Å². The maximum Gasteiger partial charge on any atom is 0.340 e. The number of hydrogen-bond donors (Lipinski definition) is 1. The van der Waals surface area contributed by atoms with E-state index < -0.39 is 5.97 Å². The van der Waals surface area contributed by atoms with Crippen LogP contribution in [0.1, 0.15) is 18.1 Å². The van der Waals surface area contributed by atoms with E-state index in [1.807, 2.05) is 60.7 Å². The first-order valence-electron chi connectivity index (χ1n) is 11.9. The molecule has 3 aromatic rings. The van der Waals surface area contributed by atoms with Crippen molar-refractivity contribution in [2.24, 2.45) is 0 Å². The average Bonchev–Trinajstić information content (AvgIpc) is 3.17. The molecule has 0 bridgehead atoms. The van der Waals surface area contributed by atoms with Gasteiger partial charge in [0, 0.05) is 17.9 Å². The molecule has 188 valence electrons. The molecule has 7 nitrogen and oxygen atoms in total. The van der Waals surface area contributed by atoms with E-state index >= 15 is 0 Å². The topological polar surface area (TPSA) is 84.9 Å². The molecule has 1 N–H and O–H groups in total. The standard InChI is InChI=1S/C30H28N2O5/c1-21-28(30(35)36-2)26(29(34)32(21)24-11-7-4-8-12-24)19-23-13-15-25(16-14-23)37-20-27(33)31-18-17-22-9-5-3-6-10-22/h3-16,19H,17-18,20H2,1-2H3,(H,31,33)/b26-19-. The summed E-state index contributed by atoms with van der Waals surface area (Å²) in [7, 11) is 1.29. The Morgan fingerprint density at radius 2 is 1.57 bits per heavy atom. The SMILES string of the molecule is COC(=O)C1=C(C)N(c2ccccc2)C(=O)/C1=C\c1ccc(OCC(=O)NCCc2ccccc2)cc1. The monoisotopic (exact) mass is 496 g/mol. The molecule has 0 atom stereocenters. The van der Waals surface area contributed by atoms with Crippen LogP contribution in [0.2, 0.25) is 0 Å². The molecular weight excluding hydrogens is 468 g/mol. The van der Waals surface area contributed by atoms with Crippen LogP contribution in [0.4, 0.5) is 5.69 Å². The molecule has 1 heterocycles. The van der Waals surface area contributed by atoms with Crippen molar-refractivity contribution < 1.29 is 23.9 Å². The molecule has 0 radical (unpaired) electrons. The van der Waals surface area contributed by atoms with Gasteiger partial charge in [0.05, 0.1) is 18.3 Å². The molecular formula is C30H28N2O5. The second-order valence-electron chi connectivity index (χ2n) is 8.43. The number of carbonyl (C=O) groups excluding carboxylic acids is 3. The molecule has 3 aromatic carbocycles. The summed E-state index contributed by atoms with van der Waals surface area (Å²) in [5.41, 5.74) is 3.50. The van der Waals surface area contributed by atoms with Gasteiger partial charge in [0.1, 0.15) is 5.75 Å². The van der Waals surface area contributed by atoms with Crippen molar-refractivity contribution in [2.45, 2.75) is 13.3 Å². The highest BCUT2D eigenvalue weighted by molar-refractivity contribution is 6.23. The minimum atomic E-state index is -0.575. The van der Waals surface area contributed by atoms with Crippen molar-refractivity contribution in [1.82, 2.24) is 5.32 Å². The van der Waals surface area contributed by atoms with Gasteiger partial charge in [-0.15, -0.1) is 0 Å². The average molecular weight is 497 g/mol. The number of nitrogens with one attached hydrogen (secondary N) is 1. The lowest BCUT2D eigenvalue weighted by Gasteiger charge is -2.17. The predicted octanol–water partition coefficient (Wildman–Crippen LogP) is 4.30. The Labute approximate surface area is 216 Å². The van der Waals surface area contributed by atoms with Crippen LogP contribution in [-0.2, 0) is 25.5 Å². The minimum Gasteiger partial charge on any atom is -0.484 e. The Bertz CT molecular complexity index is 1330. The third-order valence-corrected chi connectivity index (χ3v) is 5.94. The summed E-state index contributed by atoms with van der Waals surface area (Å²) in [6.45, 7) is 2.15. The second kappa shape index (κ2) is 11.9. The van der Waals surface area contributed by atoms with Crippen molar-refractivity contribution in [3.8, 4) is 5.75 Å². The molecule has 0 aromatic heterocycles. The maximum absolute atomic E-state index is 13.3. The Morgan fingerprint density at radius 3 is 2.22 bits per heavy atom. The lowest BCUT2D eigenvalue weighted by atomic mass is 10.0. The summed E-state index contributed by atoms with van der Waals surface area (Å²) >= 11 is 0. The Morgan fingerprint density at radius 1 is 0.919 bits per heavy atom. The number of amides is 2. The summed E-state index contributed by atoms with van der Waals surface area (Å²) in [6.07, 6.45) is 2.40. The first kappa shape index (κ1) is 25.4. The highest BCUT2D eigenvalue weighted by atomic mass is 16.5. The quantitative estimate of drug-likeness (QED) is 0.353. The van der Waals surface area contributed by atoms with E-state index in [4.69, 9.17) is 9.47 Å². The highest BCUT2D eigenvalue weighted by Crippen LogP contribution is 2.35. The van der Waals surface area contributed by atoms with Gasteiger partial charge in [-0.05, 0) is 54.8 Å². The lowest BCUT2D eigenvalue weighted by molar-refractivity contribution is -0.136. The van der Waals surface area contributed by atoms with Crippen LogP contribution >= 0.6 is 0 Å². The molecule has 0 saturated carbocycles. The van der Waals surface area contributed by atoms with E-state index in [0.29, 0.717) is 29.2 Å². The highest BCUT2D eigenvalue weighted by Gasteiger charge is 2.37. The van der Waals surface area contributed by atoms with Crippen LogP contribution in [0.25, 0.3) is 6.08 Å². The van der Waals surface area contributed by atoms with Gasteiger partial charge in [-0.1, -0.05) is 60.7 Å². The third-order valence-electron chi connectivity index (χ3n) is 5.94. The Hall–Kier alpha value is -4.65. The summed E-state index contributed by atoms with van der Waals surface area (Å²) in [5, 5.41) is 2.84. The molecule has 7 heteroatoms. The Balaban J connectivity index is 1.41. The molecule has 1 aliphatic heterocycles. The summed E-state index contributed by atoms with van der Waals surface area (Å²) < 4.78 is 10.6. The number of carbonyl (C=O) groups is 3. The molecule has 0 fully saturated rings. The largest absolute Gasteiger partial charge is 0.484 e. The summed E-state index contributed by atoms with van der Waals surface area (Å²) in [6, 6.07) is 26.0. The zero-order chi connectivity index (χ0) is 26.2. The lowest BCUT2D eigenvalue weighted by Crippen LogP contribution is -2.30. The van der Waals surface area contributed by atoms with Crippen molar-refractivity contribution in [1.29, 1.82) is 0 Å².